The Hall–Kier alpha value is -1.40. The fourth-order valence-corrected chi connectivity index (χ4v) is 7.99. The summed E-state index contributed by atoms with van der Waals surface area (Å²) >= 11 is 0. The van der Waals surface area contributed by atoms with Crippen LogP contribution in [0.15, 0.2) is 16.8 Å². The van der Waals surface area contributed by atoms with Crippen molar-refractivity contribution in [2.45, 2.75) is 104 Å². The van der Waals surface area contributed by atoms with Crippen LogP contribution in [0.25, 0.3) is 0 Å². The molecule has 0 aromatic heterocycles. The normalized spacial score (nSPS) is 43.8. The molecule has 0 aromatic rings. The molecule has 3 saturated carbocycles. The lowest BCUT2D eigenvalue weighted by atomic mass is 9.48. The second-order valence-electron chi connectivity index (χ2n) is 11.5. The molecule has 1 aliphatic heterocycles. The average molecular weight is 459 g/mol. The van der Waals surface area contributed by atoms with Crippen LogP contribution in [0.3, 0.4) is 0 Å². The third-order valence-electron chi connectivity index (χ3n) is 9.84. The summed E-state index contributed by atoms with van der Waals surface area (Å²) in [7, 11) is 0. The first kappa shape index (κ1) is 23.3. The van der Waals surface area contributed by atoms with Gasteiger partial charge in [0.1, 0.15) is 0 Å². The van der Waals surface area contributed by atoms with E-state index in [4.69, 9.17) is 14.3 Å². The van der Waals surface area contributed by atoms with E-state index in [1.807, 2.05) is 6.92 Å². The second-order valence-corrected chi connectivity index (χ2v) is 11.5. The molecule has 1 N–H and O–H groups in total. The molecule has 4 fully saturated rings. The highest BCUT2D eigenvalue weighted by molar-refractivity contribution is 5.92. The van der Waals surface area contributed by atoms with Crippen LogP contribution in [0, 0.1) is 28.6 Å². The van der Waals surface area contributed by atoms with Gasteiger partial charge in [0.2, 0.25) is 0 Å². The monoisotopic (exact) mass is 458 g/mol. The van der Waals surface area contributed by atoms with Crippen LogP contribution in [0.1, 0.15) is 91.4 Å². The first-order chi connectivity index (χ1) is 15.9. The molecule has 5 rings (SSSR count). The number of amides is 1. The molecule has 1 amide bonds. The lowest BCUT2D eigenvalue weighted by Crippen LogP contribution is -2.50. The van der Waals surface area contributed by atoms with Gasteiger partial charge < -0.3 is 14.8 Å². The highest BCUT2D eigenvalue weighted by atomic mass is 16.7. The minimum absolute atomic E-state index is 0.0123. The molecule has 1 saturated heterocycles. The molecule has 1 heterocycles. The predicted octanol–water partition coefficient (Wildman–Crippen LogP) is 5.96. The first-order valence-electron chi connectivity index (χ1n) is 13.4. The van der Waals surface area contributed by atoms with Gasteiger partial charge in [0.25, 0.3) is 0 Å². The maximum atomic E-state index is 11.8. The Balaban J connectivity index is 1.28. The summed E-state index contributed by atoms with van der Waals surface area (Å²) < 4.78 is 12.3. The Morgan fingerprint density at radius 3 is 2.76 bits per heavy atom. The van der Waals surface area contributed by atoms with E-state index in [1.165, 1.54) is 38.5 Å². The van der Waals surface area contributed by atoms with Crippen molar-refractivity contribution < 1.29 is 19.1 Å². The maximum Gasteiger partial charge on any atom is 0.433 e. The van der Waals surface area contributed by atoms with Crippen LogP contribution in [0.5, 0.6) is 0 Å². The zero-order valence-electron chi connectivity index (χ0n) is 20.7. The number of nitrogens with zero attached hydrogens (tertiary/aromatic N) is 1. The number of oxime groups is 1. The van der Waals surface area contributed by atoms with Crippen LogP contribution >= 0.6 is 0 Å². The first-order valence-corrected chi connectivity index (χ1v) is 13.4. The summed E-state index contributed by atoms with van der Waals surface area (Å²) in [6, 6.07) is 0. The molecule has 3 unspecified atom stereocenters. The van der Waals surface area contributed by atoms with Gasteiger partial charge in [0.05, 0.1) is 11.8 Å². The van der Waals surface area contributed by atoms with E-state index in [-0.39, 0.29) is 11.7 Å². The largest absolute Gasteiger partial charge is 0.433 e. The third-order valence-corrected chi connectivity index (χ3v) is 9.84. The van der Waals surface area contributed by atoms with E-state index < -0.39 is 6.09 Å². The fraction of sp³-hybridized carbons (Fsp3) is 0.852. The van der Waals surface area contributed by atoms with Gasteiger partial charge in [-0.25, -0.2) is 4.79 Å². The lowest BCUT2D eigenvalue weighted by Gasteiger charge is -2.57. The van der Waals surface area contributed by atoms with E-state index in [9.17, 15) is 4.79 Å². The van der Waals surface area contributed by atoms with Crippen molar-refractivity contribution in [1.29, 1.82) is 0 Å². The molecule has 6 heteroatoms. The van der Waals surface area contributed by atoms with E-state index in [0.29, 0.717) is 29.9 Å². The number of nitrogens with one attached hydrogen (secondary N) is 1. The molecule has 184 valence electrons. The molecule has 33 heavy (non-hydrogen) atoms. The Bertz CT molecular complexity index is 804. The van der Waals surface area contributed by atoms with Crippen molar-refractivity contribution in [2.24, 2.45) is 33.7 Å². The Labute approximate surface area is 198 Å². The SMILES string of the molecule is CCNC(=O)ON=C1CCC2[C@@H]3CC=C4C[C@@H](OC5CCCCO5)CC[C@]4(C)C3CC[C@]12C. The predicted molar refractivity (Wildman–Crippen MR) is 128 cm³/mol. The van der Waals surface area contributed by atoms with E-state index >= 15 is 0 Å². The van der Waals surface area contributed by atoms with Crippen LogP contribution in [0.4, 0.5) is 4.79 Å². The highest BCUT2D eigenvalue weighted by Gasteiger charge is 2.58. The molecule has 0 radical (unpaired) electrons. The van der Waals surface area contributed by atoms with Gasteiger partial charge in [0.15, 0.2) is 6.29 Å². The van der Waals surface area contributed by atoms with Crippen molar-refractivity contribution in [2.75, 3.05) is 13.2 Å². The number of carbonyl (C=O) groups excluding carboxylic acids is 1. The molecule has 0 aromatic carbocycles. The van der Waals surface area contributed by atoms with Crippen LogP contribution in [-0.2, 0) is 14.3 Å². The summed E-state index contributed by atoms with van der Waals surface area (Å²) in [5, 5.41) is 7.03. The molecule has 0 spiro atoms. The van der Waals surface area contributed by atoms with E-state index in [2.05, 4.69) is 30.4 Å². The van der Waals surface area contributed by atoms with Crippen molar-refractivity contribution >= 4 is 11.8 Å². The second kappa shape index (κ2) is 9.33. The number of carbonyl (C=O) groups is 1. The Morgan fingerprint density at radius 2 is 1.97 bits per heavy atom. The molecule has 7 atom stereocenters. The Kier molecular flexibility index (Phi) is 6.60. The van der Waals surface area contributed by atoms with Crippen molar-refractivity contribution in [1.82, 2.24) is 5.32 Å². The number of ether oxygens (including phenoxy) is 2. The van der Waals surface area contributed by atoms with Crippen molar-refractivity contribution in [3.05, 3.63) is 11.6 Å². The summed E-state index contributed by atoms with van der Waals surface area (Å²) in [4.78, 5) is 17.0. The van der Waals surface area contributed by atoms with Crippen LogP contribution < -0.4 is 5.32 Å². The standard InChI is InChI=1S/C27H42N2O4/c1-4-28-25(30)33-29-23-11-10-21-20-9-8-18-17-19(32-24-7-5-6-16-31-24)12-14-26(18,2)22(20)13-15-27(21,23)3/h8,19-22,24H,4-7,9-17H2,1-3H3,(H,28,30)/t19-,20-,21?,22?,24?,26-,27-/m0/s1. The number of rotatable bonds is 4. The minimum atomic E-state index is -0.443. The van der Waals surface area contributed by atoms with Gasteiger partial charge in [-0.2, -0.15) is 0 Å². The van der Waals surface area contributed by atoms with Gasteiger partial charge in [-0.3, -0.25) is 4.84 Å². The summed E-state index contributed by atoms with van der Waals surface area (Å²) in [6.45, 7) is 8.20. The number of allylic oxidation sites excluding steroid dienone is 1. The maximum absolute atomic E-state index is 11.8. The molecule has 4 aliphatic carbocycles. The molecular weight excluding hydrogens is 416 g/mol. The minimum Gasteiger partial charge on any atom is -0.353 e. The molecule has 0 bridgehead atoms. The zero-order valence-corrected chi connectivity index (χ0v) is 20.7. The zero-order chi connectivity index (χ0) is 23.1. The molecule has 5 aliphatic rings. The summed E-state index contributed by atoms with van der Waals surface area (Å²) in [5.74, 6) is 2.08. The van der Waals surface area contributed by atoms with Gasteiger partial charge >= 0.3 is 6.09 Å². The molecular formula is C27H42N2O4. The molecule has 6 nitrogen and oxygen atoms in total. The fourth-order valence-electron chi connectivity index (χ4n) is 7.99. The average Bonchev–Trinajstić information content (AvgIpc) is 3.15. The van der Waals surface area contributed by atoms with E-state index in [1.54, 1.807) is 5.57 Å². The van der Waals surface area contributed by atoms with Crippen LogP contribution in [0.2, 0.25) is 0 Å². The number of hydrogen-bond acceptors (Lipinski definition) is 5. The highest BCUT2D eigenvalue weighted by Crippen LogP contribution is 2.64. The lowest BCUT2D eigenvalue weighted by molar-refractivity contribution is -0.195. The quantitative estimate of drug-likeness (QED) is 0.320. The topological polar surface area (TPSA) is 69.2 Å². The van der Waals surface area contributed by atoms with Crippen LogP contribution in [-0.4, -0.2) is 37.4 Å². The van der Waals surface area contributed by atoms with Gasteiger partial charge in [-0.1, -0.05) is 30.7 Å². The summed E-state index contributed by atoms with van der Waals surface area (Å²) in [6.07, 6.45) is 15.0. The Morgan fingerprint density at radius 1 is 1.15 bits per heavy atom. The third kappa shape index (κ3) is 4.27. The summed E-state index contributed by atoms with van der Waals surface area (Å²) in [5.41, 5.74) is 3.11. The number of fused-ring (bicyclic) bond motifs is 5. The van der Waals surface area contributed by atoms with Crippen molar-refractivity contribution in [3.63, 3.8) is 0 Å². The van der Waals surface area contributed by atoms with E-state index in [0.717, 1.165) is 50.3 Å². The number of hydrogen-bond donors (Lipinski definition) is 1. The van der Waals surface area contributed by atoms with Crippen molar-refractivity contribution in [3.8, 4) is 0 Å². The van der Waals surface area contributed by atoms with Gasteiger partial charge in [-0.15, -0.1) is 0 Å². The van der Waals surface area contributed by atoms with Gasteiger partial charge in [-0.05, 0) is 101 Å². The van der Waals surface area contributed by atoms with Gasteiger partial charge in [0, 0.05) is 18.6 Å². The smallest absolute Gasteiger partial charge is 0.353 e.